The number of aryl methyl sites for hydroxylation is 2. The van der Waals surface area contributed by atoms with Crippen molar-refractivity contribution in [1.29, 1.82) is 0 Å². The summed E-state index contributed by atoms with van der Waals surface area (Å²) in [6.45, 7) is 5.45. The number of aromatic nitrogens is 2. The van der Waals surface area contributed by atoms with Crippen LogP contribution >= 0.6 is 0 Å². The van der Waals surface area contributed by atoms with Crippen LogP contribution in [0.3, 0.4) is 0 Å². The van der Waals surface area contributed by atoms with E-state index in [1.165, 1.54) is 41.8 Å². The summed E-state index contributed by atoms with van der Waals surface area (Å²) < 4.78 is 1.97. The lowest BCUT2D eigenvalue weighted by molar-refractivity contribution is 0.242. The molecule has 0 saturated carbocycles. The fourth-order valence-corrected chi connectivity index (χ4v) is 3.49. The van der Waals surface area contributed by atoms with Gasteiger partial charge in [0.25, 0.3) is 0 Å². The number of likely N-dealkylation sites (tertiary alicyclic amines) is 1. The fourth-order valence-electron chi connectivity index (χ4n) is 3.49. The Labute approximate surface area is 133 Å². The van der Waals surface area contributed by atoms with Crippen molar-refractivity contribution in [2.24, 2.45) is 7.05 Å². The minimum Gasteiger partial charge on any atom is -0.318 e. The van der Waals surface area contributed by atoms with Crippen LogP contribution in [0.5, 0.6) is 0 Å². The van der Waals surface area contributed by atoms with Crippen LogP contribution in [0.25, 0.3) is 11.3 Å². The highest BCUT2D eigenvalue weighted by atomic mass is 15.3. The molecule has 0 bridgehead atoms. The number of hydrogen-bond acceptors (Lipinski definition) is 3. The molecule has 0 aliphatic carbocycles. The average Bonchev–Trinajstić information content (AvgIpc) is 3.11. The molecule has 3 rings (SSSR count). The first-order valence-electron chi connectivity index (χ1n) is 8.15. The second-order valence-electron chi connectivity index (χ2n) is 6.32. The summed E-state index contributed by atoms with van der Waals surface area (Å²) in [5.41, 5.74) is 5.21. The van der Waals surface area contributed by atoms with Gasteiger partial charge >= 0.3 is 0 Å². The molecular weight excluding hydrogens is 272 g/mol. The quantitative estimate of drug-likeness (QED) is 0.921. The molecule has 118 valence electrons. The lowest BCUT2D eigenvalue weighted by Gasteiger charge is -2.25. The maximum atomic E-state index is 4.33. The van der Waals surface area contributed by atoms with E-state index < -0.39 is 0 Å². The molecule has 1 unspecified atom stereocenters. The van der Waals surface area contributed by atoms with Crippen molar-refractivity contribution in [3.05, 3.63) is 41.6 Å². The zero-order valence-electron chi connectivity index (χ0n) is 13.8. The van der Waals surface area contributed by atoms with E-state index in [0.717, 1.165) is 13.1 Å². The normalized spacial score (nSPS) is 19.0. The first-order chi connectivity index (χ1) is 10.7. The fraction of sp³-hybridized carbons (Fsp3) is 0.500. The van der Waals surface area contributed by atoms with E-state index in [-0.39, 0.29) is 0 Å². The second kappa shape index (κ2) is 6.63. The van der Waals surface area contributed by atoms with Gasteiger partial charge < -0.3 is 5.32 Å². The van der Waals surface area contributed by atoms with Crippen LogP contribution in [0, 0.1) is 6.92 Å². The maximum absolute atomic E-state index is 4.33. The number of likely N-dealkylation sites (N-methyl/N-ethyl adjacent to an activating group) is 1. The summed E-state index contributed by atoms with van der Waals surface area (Å²) in [7, 11) is 4.06. The number of hydrogen-bond donors (Lipinski definition) is 1. The first-order valence-corrected chi connectivity index (χ1v) is 8.15. The first kappa shape index (κ1) is 15.3. The summed E-state index contributed by atoms with van der Waals surface area (Å²) in [5.74, 6) is 0. The van der Waals surface area contributed by atoms with Crippen LogP contribution in [0.1, 0.15) is 24.0 Å². The highest BCUT2D eigenvalue weighted by molar-refractivity contribution is 5.64. The van der Waals surface area contributed by atoms with Gasteiger partial charge in [0.15, 0.2) is 0 Å². The Bertz CT molecular complexity index is 632. The molecule has 1 fully saturated rings. The van der Waals surface area contributed by atoms with Gasteiger partial charge in [0.2, 0.25) is 0 Å². The summed E-state index contributed by atoms with van der Waals surface area (Å²) in [5, 5.41) is 7.66. The second-order valence-corrected chi connectivity index (χ2v) is 6.32. The SMILES string of the molecule is CNCC1CCCN1Cc1ccc(C)cc1-c1ccnn1C. The Hall–Kier alpha value is -1.65. The van der Waals surface area contributed by atoms with Gasteiger partial charge in [-0.05, 0) is 51.1 Å². The number of nitrogens with one attached hydrogen (secondary N) is 1. The summed E-state index contributed by atoms with van der Waals surface area (Å²) >= 11 is 0. The summed E-state index contributed by atoms with van der Waals surface area (Å²) in [6.07, 6.45) is 4.48. The van der Waals surface area contributed by atoms with E-state index in [1.807, 2.05) is 25.0 Å². The molecule has 2 aromatic rings. The van der Waals surface area contributed by atoms with Gasteiger partial charge in [-0.15, -0.1) is 0 Å². The maximum Gasteiger partial charge on any atom is 0.0682 e. The molecule has 0 amide bonds. The Morgan fingerprint density at radius 3 is 2.91 bits per heavy atom. The number of rotatable bonds is 5. The zero-order valence-corrected chi connectivity index (χ0v) is 13.8. The van der Waals surface area contributed by atoms with Crippen molar-refractivity contribution in [3.63, 3.8) is 0 Å². The number of nitrogens with zero attached hydrogens (tertiary/aromatic N) is 3. The molecule has 0 radical (unpaired) electrons. The van der Waals surface area contributed by atoms with Crippen molar-refractivity contribution in [2.75, 3.05) is 20.1 Å². The van der Waals surface area contributed by atoms with Crippen LogP contribution in [0.15, 0.2) is 30.5 Å². The molecule has 4 nitrogen and oxygen atoms in total. The molecule has 2 heterocycles. The Kier molecular flexibility index (Phi) is 4.60. The number of benzene rings is 1. The topological polar surface area (TPSA) is 33.1 Å². The molecule has 4 heteroatoms. The smallest absolute Gasteiger partial charge is 0.0682 e. The van der Waals surface area contributed by atoms with Crippen molar-refractivity contribution in [1.82, 2.24) is 20.0 Å². The van der Waals surface area contributed by atoms with E-state index in [9.17, 15) is 0 Å². The zero-order chi connectivity index (χ0) is 15.5. The molecule has 1 N–H and O–H groups in total. The van der Waals surface area contributed by atoms with Gasteiger partial charge in [-0.3, -0.25) is 9.58 Å². The highest BCUT2D eigenvalue weighted by Gasteiger charge is 2.24. The van der Waals surface area contributed by atoms with Crippen LogP contribution in [-0.2, 0) is 13.6 Å². The Morgan fingerprint density at radius 1 is 1.32 bits per heavy atom. The van der Waals surface area contributed by atoms with Crippen molar-refractivity contribution >= 4 is 0 Å². The highest BCUT2D eigenvalue weighted by Crippen LogP contribution is 2.28. The van der Waals surface area contributed by atoms with Gasteiger partial charge in [0.05, 0.1) is 5.69 Å². The lowest BCUT2D eigenvalue weighted by atomic mass is 10.0. The molecular formula is C18H26N4. The van der Waals surface area contributed by atoms with Crippen molar-refractivity contribution in [2.45, 2.75) is 32.4 Å². The minimum atomic E-state index is 0.658. The summed E-state index contributed by atoms with van der Waals surface area (Å²) in [4.78, 5) is 2.61. The van der Waals surface area contributed by atoms with Crippen LogP contribution in [0.4, 0.5) is 0 Å². The van der Waals surface area contributed by atoms with Gasteiger partial charge in [-0.1, -0.05) is 17.7 Å². The van der Waals surface area contributed by atoms with Gasteiger partial charge in [-0.25, -0.2) is 0 Å². The van der Waals surface area contributed by atoms with E-state index >= 15 is 0 Å². The molecule has 1 atom stereocenters. The standard InChI is InChI=1S/C18H26N4/c1-14-6-7-15(13-22-10-4-5-16(22)12-19-2)17(11-14)18-8-9-20-21(18)3/h6-9,11,16,19H,4-5,10,12-13H2,1-3H3. The average molecular weight is 298 g/mol. The Morgan fingerprint density at radius 2 is 2.18 bits per heavy atom. The molecule has 22 heavy (non-hydrogen) atoms. The third kappa shape index (κ3) is 3.08. The molecule has 1 aliphatic heterocycles. The van der Waals surface area contributed by atoms with Gasteiger partial charge in [0.1, 0.15) is 0 Å². The molecule has 0 spiro atoms. The predicted octanol–water partition coefficient (Wildman–Crippen LogP) is 2.58. The van der Waals surface area contributed by atoms with Gasteiger partial charge in [-0.2, -0.15) is 5.10 Å². The molecule has 1 aliphatic rings. The largest absolute Gasteiger partial charge is 0.318 e. The molecule has 1 aromatic heterocycles. The Balaban J connectivity index is 1.89. The monoisotopic (exact) mass is 298 g/mol. The summed E-state index contributed by atoms with van der Waals surface area (Å²) in [6, 6.07) is 9.55. The predicted molar refractivity (Wildman–Crippen MR) is 90.7 cm³/mol. The van der Waals surface area contributed by atoms with Crippen LogP contribution in [-0.4, -0.2) is 40.9 Å². The third-order valence-corrected chi connectivity index (χ3v) is 4.67. The molecule has 1 aromatic carbocycles. The van der Waals surface area contributed by atoms with E-state index in [1.54, 1.807) is 0 Å². The van der Waals surface area contributed by atoms with E-state index in [0.29, 0.717) is 6.04 Å². The van der Waals surface area contributed by atoms with Crippen LogP contribution in [0.2, 0.25) is 0 Å². The minimum absolute atomic E-state index is 0.658. The lowest BCUT2D eigenvalue weighted by Crippen LogP contribution is -2.36. The van der Waals surface area contributed by atoms with Crippen molar-refractivity contribution in [3.8, 4) is 11.3 Å². The third-order valence-electron chi connectivity index (χ3n) is 4.67. The van der Waals surface area contributed by atoms with Crippen LogP contribution < -0.4 is 5.32 Å². The van der Waals surface area contributed by atoms with E-state index in [2.05, 4.69) is 46.5 Å². The van der Waals surface area contributed by atoms with Gasteiger partial charge in [0, 0.05) is 37.9 Å². The molecule has 1 saturated heterocycles. The van der Waals surface area contributed by atoms with E-state index in [4.69, 9.17) is 0 Å². The van der Waals surface area contributed by atoms with Crippen molar-refractivity contribution < 1.29 is 0 Å².